The van der Waals surface area contributed by atoms with Gasteiger partial charge in [-0.2, -0.15) is 0 Å². The summed E-state index contributed by atoms with van der Waals surface area (Å²) in [7, 11) is 0. The number of allylic oxidation sites excluding steroid dienone is 1. The van der Waals surface area contributed by atoms with E-state index in [2.05, 4.69) is 6.58 Å². The zero-order chi connectivity index (χ0) is 11.8. The number of hydrogen-bond acceptors (Lipinski definition) is 3. The molecule has 1 unspecified atom stereocenters. The first kappa shape index (κ1) is 14.8. The fourth-order valence-electron chi connectivity index (χ4n) is 1.65. The molecule has 0 amide bonds. The van der Waals surface area contributed by atoms with Crippen LogP contribution in [0.2, 0.25) is 0 Å². The second-order valence-electron chi connectivity index (χ2n) is 4.15. The van der Waals surface area contributed by atoms with Gasteiger partial charge in [-0.25, -0.2) is 0 Å². The SMILES string of the molecule is C=CC[C@@H](C)[C@@H](C[C@H](C)CCO)S(=O)[O-]. The summed E-state index contributed by atoms with van der Waals surface area (Å²) in [5.74, 6) is 0.340. The molecule has 0 rings (SSSR count). The smallest absolute Gasteiger partial charge is 0.0433 e. The van der Waals surface area contributed by atoms with Gasteiger partial charge in [0.25, 0.3) is 0 Å². The van der Waals surface area contributed by atoms with Crippen LogP contribution in [0.5, 0.6) is 0 Å². The second-order valence-corrected chi connectivity index (χ2v) is 5.28. The van der Waals surface area contributed by atoms with Crippen LogP contribution in [0.1, 0.15) is 33.1 Å². The fraction of sp³-hybridized carbons (Fsp3) is 0.818. The van der Waals surface area contributed by atoms with Gasteiger partial charge >= 0.3 is 0 Å². The number of aliphatic hydroxyl groups is 1. The Labute approximate surface area is 94.9 Å². The van der Waals surface area contributed by atoms with E-state index in [1.807, 2.05) is 13.8 Å². The van der Waals surface area contributed by atoms with Crippen LogP contribution >= 0.6 is 0 Å². The van der Waals surface area contributed by atoms with E-state index < -0.39 is 11.1 Å². The van der Waals surface area contributed by atoms with Crippen molar-refractivity contribution in [3.8, 4) is 0 Å². The highest BCUT2D eigenvalue weighted by Gasteiger charge is 2.19. The Balaban J connectivity index is 4.26. The summed E-state index contributed by atoms with van der Waals surface area (Å²) in [6.45, 7) is 7.63. The molecule has 3 nitrogen and oxygen atoms in total. The van der Waals surface area contributed by atoms with Crippen molar-refractivity contribution < 1.29 is 13.9 Å². The van der Waals surface area contributed by atoms with E-state index in [4.69, 9.17) is 5.11 Å². The van der Waals surface area contributed by atoms with Crippen molar-refractivity contribution in [1.82, 2.24) is 0 Å². The molecule has 0 aliphatic heterocycles. The molecule has 4 heteroatoms. The van der Waals surface area contributed by atoms with Crippen LogP contribution in [0.25, 0.3) is 0 Å². The Hall–Kier alpha value is -0.190. The minimum absolute atomic E-state index is 0.0991. The van der Waals surface area contributed by atoms with Gasteiger partial charge in [0.1, 0.15) is 0 Å². The number of hydrogen-bond donors (Lipinski definition) is 1. The molecule has 0 aromatic carbocycles. The lowest BCUT2D eigenvalue weighted by Crippen LogP contribution is -2.26. The van der Waals surface area contributed by atoms with Crippen molar-refractivity contribution in [2.45, 2.75) is 38.4 Å². The van der Waals surface area contributed by atoms with Crippen molar-refractivity contribution in [3.05, 3.63) is 12.7 Å². The summed E-state index contributed by atoms with van der Waals surface area (Å²) in [6.07, 6.45) is 3.74. The van der Waals surface area contributed by atoms with Crippen molar-refractivity contribution in [2.24, 2.45) is 11.8 Å². The lowest BCUT2D eigenvalue weighted by atomic mass is 9.93. The van der Waals surface area contributed by atoms with Crippen molar-refractivity contribution in [1.29, 1.82) is 0 Å². The number of aliphatic hydroxyl groups excluding tert-OH is 1. The molecule has 15 heavy (non-hydrogen) atoms. The summed E-state index contributed by atoms with van der Waals surface area (Å²) < 4.78 is 22.1. The molecule has 0 saturated carbocycles. The quantitative estimate of drug-likeness (QED) is 0.514. The summed E-state index contributed by atoms with van der Waals surface area (Å²) in [4.78, 5) is 0. The lowest BCUT2D eigenvalue weighted by Gasteiger charge is -2.27. The molecule has 0 saturated heterocycles. The maximum atomic E-state index is 11.1. The van der Waals surface area contributed by atoms with E-state index >= 15 is 0 Å². The third-order valence-corrected chi connectivity index (χ3v) is 3.83. The summed E-state index contributed by atoms with van der Waals surface area (Å²) in [5.41, 5.74) is 0. The minimum Gasteiger partial charge on any atom is -0.772 e. The van der Waals surface area contributed by atoms with Gasteiger partial charge in [-0.15, -0.1) is 6.58 Å². The van der Waals surface area contributed by atoms with E-state index in [0.29, 0.717) is 19.3 Å². The third-order valence-electron chi connectivity index (χ3n) is 2.68. The third kappa shape index (κ3) is 6.07. The number of rotatable bonds is 8. The van der Waals surface area contributed by atoms with Gasteiger partial charge in [-0.05, 0) is 31.1 Å². The Morgan fingerprint density at radius 1 is 1.53 bits per heavy atom. The molecule has 90 valence electrons. The largest absolute Gasteiger partial charge is 0.772 e. The Kier molecular flexibility index (Phi) is 7.92. The van der Waals surface area contributed by atoms with Crippen LogP contribution in [0.3, 0.4) is 0 Å². The Morgan fingerprint density at radius 3 is 2.53 bits per heavy atom. The highest BCUT2D eigenvalue weighted by atomic mass is 32.2. The van der Waals surface area contributed by atoms with E-state index in [1.165, 1.54) is 0 Å². The zero-order valence-electron chi connectivity index (χ0n) is 9.52. The summed E-state index contributed by atoms with van der Waals surface area (Å²) >= 11 is -2.04. The predicted molar refractivity (Wildman–Crippen MR) is 62.2 cm³/mol. The lowest BCUT2D eigenvalue weighted by molar-refractivity contribution is 0.253. The summed E-state index contributed by atoms with van der Waals surface area (Å²) in [6, 6.07) is 0. The van der Waals surface area contributed by atoms with E-state index in [0.717, 1.165) is 0 Å². The topological polar surface area (TPSA) is 60.4 Å². The standard InChI is InChI=1S/C11H22O3S/c1-4-5-10(3)11(15(13)14)8-9(2)6-7-12/h4,9-12H,1,5-8H2,2-3H3,(H,13,14)/p-1/t9-,10-,11-/m1/s1. The second kappa shape index (κ2) is 8.02. The summed E-state index contributed by atoms with van der Waals surface area (Å²) in [5, 5.41) is 8.43. The van der Waals surface area contributed by atoms with Crippen LogP contribution in [0.15, 0.2) is 12.7 Å². The monoisotopic (exact) mass is 233 g/mol. The Morgan fingerprint density at radius 2 is 2.13 bits per heavy atom. The molecule has 0 heterocycles. The van der Waals surface area contributed by atoms with Gasteiger partial charge in [0, 0.05) is 11.9 Å². The van der Waals surface area contributed by atoms with Crippen LogP contribution in [0.4, 0.5) is 0 Å². The zero-order valence-corrected chi connectivity index (χ0v) is 10.3. The molecular formula is C11H21O3S-. The molecule has 0 aromatic heterocycles. The van der Waals surface area contributed by atoms with Crippen molar-refractivity contribution in [3.63, 3.8) is 0 Å². The van der Waals surface area contributed by atoms with E-state index in [9.17, 15) is 8.76 Å². The minimum atomic E-state index is -2.04. The average molecular weight is 233 g/mol. The normalized spacial score (nSPS) is 19.2. The molecule has 0 aliphatic rings. The molecule has 0 radical (unpaired) electrons. The van der Waals surface area contributed by atoms with Gasteiger partial charge in [-0.3, -0.25) is 4.21 Å². The molecule has 0 spiro atoms. The average Bonchev–Trinajstić information content (AvgIpc) is 2.14. The maximum Gasteiger partial charge on any atom is 0.0433 e. The van der Waals surface area contributed by atoms with Crippen molar-refractivity contribution >= 4 is 11.1 Å². The van der Waals surface area contributed by atoms with Crippen molar-refractivity contribution in [2.75, 3.05) is 6.61 Å². The molecule has 0 aromatic rings. The Bertz CT molecular complexity index is 206. The first-order valence-electron chi connectivity index (χ1n) is 5.32. The van der Waals surface area contributed by atoms with E-state index in [-0.39, 0.29) is 23.7 Å². The molecule has 1 N–H and O–H groups in total. The fourth-order valence-corrected chi connectivity index (χ4v) is 2.63. The van der Waals surface area contributed by atoms with Crippen LogP contribution in [0, 0.1) is 11.8 Å². The predicted octanol–water partition coefficient (Wildman–Crippen LogP) is 1.85. The molecule has 0 fully saturated rings. The van der Waals surface area contributed by atoms with Crippen LogP contribution < -0.4 is 0 Å². The molecular weight excluding hydrogens is 212 g/mol. The highest BCUT2D eigenvalue weighted by molar-refractivity contribution is 7.79. The highest BCUT2D eigenvalue weighted by Crippen LogP contribution is 2.22. The van der Waals surface area contributed by atoms with Crippen LogP contribution in [-0.4, -0.2) is 25.7 Å². The van der Waals surface area contributed by atoms with Crippen LogP contribution in [-0.2, 0) is 11.1 Å². The first-order chi connectivity index (χ1) is 7.02. The van der Waals surface area contributed by atoms with E-state index in [1.54, 1.807) is 6.08 Å². The van der Waals surface area contributed by atoms with Gasteiger partial charge in [-0.1, -0.05) is 31.0 Å². The first-order valence-corrected chi connectivity index (χ1v) is 6.46. The van der Waals surface area contributed by atoms with Gasteiger partial charge in [0.05, 0.1) is 0 Å². The van der Waals surface area contributed by atoms with Gasteiger partial charge < -0.3 is 9.66 Å². The molecule has 0 bridgehead atoms. The maximum absolute atomic E-state index is 11.1. The molecule has 4 atom stereocenters. The molecule has 0 aliphatic carbocycles. The van der Waals surface area contributed by atoms with Gasteiger partial charge in [0.15, 0.2) is 0 Å². The van der Waals surface area contributed by atoms with Gasteiger partial charge in [0.2, 0.25) is 0 Å².